The van der Waals surface area contributed by atoms with E-state index in [-0.39, 0.29) is 30.4 Å². The fraction of sp³-hybridized carbons (Fsp3) is 0.290. The second kappa shape index (κ2) is 23.7. The van der Waals surface area contributed by atoms with Crippen LogP contribution in [-0.2, 0) is 25.7 Å². The Morgan fingerprint density at radius 1 is 0.809 bits per heavy atom. The fourth-order valence-corrected chi connectivity index (χ4v) is 3.95. The summed E-state index contributed by atoms with van der Waals surface area (Å²) in [5, 5.41) is 5.73. The van der Waals surface area contributed by atoms with Crippen molar-refractivity contribution in [2.24, 2.45) is 4.99 Å². The van der Waals surface area contributed by atoms with Gasteiger partial charge in [0.05, 0.1) is 62.3 Å². The van der Waals surface area contributed by atoms with Crippen molar-refractivity contribution in [1.82, 2.24) is 9.78 Å². The Kier molecular flexibility index (Phi) is 21.4. The van der Waals surface area contributed by atoms with Crippen LogP contribution in [0.1, 0.15) is 33.3 Å². The Hall–Kier alpha value is -4.58. The number of aromatic nitrogens is 2. The third-order valence-corrected chi connectivity index (χ3v) is 7.11. The van der Waals surface area contributed by atoms with Crippen molar-refractivity contribution in [3.8, 4) is 23.0 Å². The van der Waals surface area contributed by atoms with Crippen LogP contribution in [-0.4, -0.2) is 80.2 Å². The Morgan fingerprint density at radius 2 is 1.26 bits per heavy atom. The van der Waals surface area contributed by atoms with Crippen LogP contribution < -0.4 is 18.9 Å². The smallest absolute Gasteiger partial charge is 0.373 e. The van der Waals surface area contributed by atoms with E-state index in [1.807, 2.05) is 13.8 Å². The second-order valence-electron chi connectivity index (χ2n) is 8.62. The number of alkyl halides is 1. The summed E-state index contributed by atoms with van der Waals surface area (Å²) in [6.45, 7) is 4.72. The molecule has 4 rings (SSSR count). The number of carbonyl (C=O) groups excluding carboxylic acids is 6. The predicted octanol–water partition coefficient (Wildman–Crippen LogP) is 5.44. The summed E-state index contributed by atoms with van der Waals surface area (Å²) in [5.41, 5.74) is 3.08. The van der Waals surface area contributed by atoms with Crippen molar-refractivity contribution in [2.75, 3.05) is 40.3 Å². The highest BCUT2D eigenvalue weighted by Crippen LogP contribution is 2.29. The molecule has 0 atom stereocenters. The highest BCUT2D eigenvalue weighted by molar-refractivity contribution is 9.09. The minimum absolute atomic E-state index is 0.0194. The summed E-state index contributed by atoms with van der Waals surface area (Å²) in [5.74, 6) is 2.24. The highest BCUT2D eigenvalue weighted by Gasteiger charge is 2.14. The van der Waals surface area contributed by atoms with Gasteiger partial charge in [0.15, 0.2) is 34.6 Å². The van der Waals surface area contributed by atoms with E-state index in [0.29, 0.717) is 44.5 Å². The van der Waals surface area contributed by atoms with Crippen LogP contribution in [0.3, 0.4) is 0 Å². The Morgan fingerprint density at radius 3 is 1.55 bits per heavy atom. The number of rotatable bonds is 9. The van der Waals surface area contributed by atoms with Crippen molar-refractivity contribution < 1.29 is 47.7 Å². The average Bonchev–Trinajstić information content (AvgIpc) is 3.62. The number of halogens is 3. The number of nitrogens with zero attached hydrogens (tertiary/aromatic N) is 3. The molecule has 0 N–H and O–H groups in total. The van der Waals surface area contributed by atoms with Crippen molar-refractivity contribution in [3.63, 3.8) is 0 Å². The number of ether oxygens (including phenoxy) is 4. The number of allylic oxidation sites excluding steroid dienone is 1. The van der Waals surface area contributed by atoms with Gasteiger partial charge in [-0.15, -0.1) is 0 Å². The minimum atomic E-state index is -0.0752. The molecule has 252 valence electrons. The zero-order valence-electron chi connectivity index (χ0n) is 26.3. The molecule has 0 aliphatic carbocycles. The van der Waals surface area contributed by atoms with Crippen LogP contribution in [0.5, 0.6) is 23.0 Å². The molecule has 0 amide bonds. The standard InChI is InChI=1S/C14H15ClN2O3.C10H11BrO3.C5H6ClN.2CO2/c1-9-11(15)7-16-17(9)8-12(18)10-4-5-13(19-2)14(6-10)20-3;1-13-9-4-3-7(8(12)6-11)5-10(9)14-2;1-4-2-7-3-5(4)6;2*2-1-3/h4-7H,8H2,1-3H3;3-5H,6H2,1-2H3;3H,2H2,1H3;;. The van der Waals surface area contributed by atoms with Gasteiger partial charge in [0, 0.05) is 17.3 Å². The van der Waals surface area contributed by atoms with Gasteiger partial charge in [-0.2, -0.15) is 24.3 Å². The first kappa shape index (κ1) is 42.4. The van der Waals surface area contributed by atoms with Gasteiger partial charge in [0.25, 0.3) is 0 Å². The normalized spacial score (nSPS) is 10.5. The third-order valence-electron chi connectivity index (χ3n) is 5.81. The molecule has 1 aromatic heterocycles. The molecular weight excluding hydrogens is 725 g/mol. The number of hydrogen-bond acceptors (Lipinski definition) is 12. The van der Waals surface area contributed by atoms with Crippen molar-refractivity contribution in [2.45, 2.75) is 20.4 Å². The zero-order valence-corrected chi connectivity index (χ0v) is 29.4. The van der Waals surface area contributed by atoms with Gasteiger partial charge in [-0.05, 0) is 55.8 Å². The Balaban J connectivity index is 0.000000675. The first-order valence-electron chi connectivity index (χ1n) is 13.0. The summed E-state index contributed by atoms with van der Waals surface area (Å²) in [4.78, 5) is 60.0. The summed E-state index contributed by atoms with van der Waals surface area (Å²) < 4.78 is 22.0. The van der Waals surface area contributed by atoms with Crippen LogP contribution in [0.4, 0.5) is 0 Å². The zero-order chi connectivity index (χ0) is 35.9. The first-order valence-corrected chi connectivity index (χ1v) is 14.9. The lowest BCUT2D eigenvalue weighted by Gasteiger charge is -2.09. The molecule has 0 radical (unpaired) electrons. The number of benzene rings is 2. The molecule has 16 heteroatoms. The summed E-state index contributed by atoms with van der Waals surface area (Å²) in [6.07, 6.45) is 3.72. The van der Waals surface area contributed by atoms with E-state index >= 15 is 0 Å². The van der Waals surface area contributed by atoms with Gasteiger partial charge < -0.3 is 18.9 Å². The number of Topliss-reactive ketones (excluding diaryl/α,β-unsaturated/α-hetero) is 2. The van der Waals surface area contributed by atoms with Gasteiger partial charge in [-0.1, -0.05) is 39.1 Å². The molecule has 0 fully saturated rings. The molecule has 0 spiro atoms. The van der Waals surface area contributed by atoms with E-state index in [0.717, 1.165) is 17.3 Å². The second-order valence-corrected chi connectivity index (χ2v) is 9.99. The van der Waals surface area contributed by atoms with E-state index in [9.17, 15) is 9.59 Å². The molecule has 0 saturated carbocycles. The maximum atomic E-state index is 12.2. The Labute approximate surface area is 289 Å². The van der Waals surface area contributed by atoms with Gasteiger partial charge >= 0.3 is 12.3 Å². The molecule has 13 nitrogen and oxygen atoms in total. The molecule has 1 aliphatic heterocycles. The van der Waals surface area contributed by atoms with E-state index in [4.69, 9.17) is 61.3 Å². The molecule has 47 heavy (non-hydrogen) atoms. The van der Waals surface area contributed by atoms with Gasteiger partial charge in [-0.3, -0.25) is 19.3 Å². The molecule has 3 aromatic rings. The quantitative estimate of drug-likeness (QED) is 0.201. The molecule has 2 aromatic carbocycles. The van der Waals surface area contributed by atoms with Gasteiger partial charge in [-0.25, -0.2) is 0 Å². The summed E-state index contributed by atoms with van der Waals surface area (Å²) in [7, 11) is 6.18. The molecule has 0 saturated heterocycles. The number of methoxy groups -OCH3 is 4. The lowest BCUT2D eigenvalue weighted by molar-refractivity contribution is -0.193. The van der Waals surface area contributed by atoms with E-state index < -0.39 is 0 Å². The molecular formula is C31H32BrCl2N3O10. The van der Waals surface area contributed by atoms with Crippen LogP contribution in [0.25, 0.3) is 0 Å². The maximum absolute atomic E-state index is 12.2. The lowest BCUT2D eigenvalue weighted by Crippen LogP contribution is -2.13. The van der Waals surface area contributed by atoms with E-state index in [1.54, 1.807) is 68.6 Å². The molecule has 0 bridgehead atoms. The van der Waals surface area contributed by atoms with E-state index in [2.05, 4.69) is 26.0 Å². The third kappa shape index (κ3) is 14.6. The topological polar surface area (TPSA) is 170 Å². The van der Waals surface area contributed by atoms with Crippen molar-refractivity contribution >= 4 is 69.2 Å². The number of hydrogen-bond donors (Lipinski definition) is 0. The van der Waals surface area contributed by atoms with Crippen molar-refractivity contribution in [1.29, 1.82) is 0 Å². The average molecular weight is 757 g/mol. The predicted molar refractivity (Wildman–Crippen MR) is 175 cm³/mol. The largest absolute Gasteiger partial charge is 0.493 e. The molecule has 2 heterocycles. The summed E-state index contributed by atoms with van der Waals surface area (Å²) in [6, 6.07) is 10.2. The minimum Gasteiger partial charge on any atom is -0.493 e. The molecule has 1 aliphatic rings. The first-order chi connectivity index (χ1) is 22.4. The molecule has 0 unspecified atom stereocenters. The fourth-order valence-electron chi connectivity index (χ4n) is 3.36. The maximum Gasteiger partial charge on any atom is 0.373 e. The lowest BCUT2D eigenvalue weighted by atomic mass is 10.1. The van der Waals surface area contributed by atoms with Gasteiger partial charge in [0.1, 0.15) is 6.54 Å². The van der Waals surface area contributed by atoms with Crippen molar-refractivity contribution in [3.05, 3.63) is 75.0 Å². The van der Waals surface area contributed by atoms with E-state index in [1.165, 1.54) is 18.9 Å². The SMILES string of the molecule is CC1=C(Cl)C=NC1.COc1ccc(C(=O)CBr)cc1OC.COc1ccc(C(=O)Cn2ncc(Cl)c2C)cc1OC.O=C=O.O=C=O. The van der Waals surface area contributed by atoms with Crippen LogP contribution in [0, 0.1) is 6.92 Å². The van der Waals surface area contributed by atoms with Crippen LogP contribution in [0.15, 0.2) is 58.2 Å². The summed E-state index contributed by atoms with van der Waals surface area (Å²) >= 11 is 14.6. The number of ketones is 2. The highest BCUT2D eigenvalue weighted by atomic mass is 79.9. The van der Waals surface area contributed by atoms with Crippen LogP contribution >= 0.6 is 39.1 Å². The Bertz CT molecular complexity index is 1600. The number of aliphatic imine (C=N–C) groups is 1. The number of carbonyl (C=O) groups is 2. The van der Waals surface area contributed by atoms with Crippen LogP contribution in [0.2, 0.25) is 5.02 Å². The monoisotopic (exact) mass is 755 g/mol. The van der Waals surface area contributed by atoms with Gasteiger partial charge in [0.2, 0.25) is 0 Å².